The van der Waals surface area contributed by atoms with Gasteiger partial charge in [0.15, 0.2) is 6.61 Å². The minimum atomic E-state index is -4.61. The number of nitrogens with one attached hydrogen (secondary N) is 2. The Hall–Kier alpha value is -3.15. The van der Waals surface area contributed by atoms with Gasteiger partial charge in [-0.15, -0.1) is 0 Å². The number of carbonyl (C=O) groups is 2. The number of hydrogen-bond acceptors (Lipinski definition) is 5. The largest absolute Gasteiger partial charge is 0.452 e. The molecular weight excluding hydrogens is 420 g/mol. The summed E-state index contributed by atoms with van der Waals surface area (Å²) in [5, 5.41) is 1.52. The van der Waals surface area contributed by atoms with Crippen LogP contribution in [-0.2, 0) is 19.6 Å². The third kappa shape index (κ3) is 7.07. The Balaban J connectivity index is 2.03. The van der Waals surface area contributed by atoms with Gasteiger partial charge in [-0.3, -0.25) is 9.52 Å². The third-order valence-electron chi connectivity index (χ3n) is 3.30. The molecule has 0 fully saturated rings. The minimum Gasteiger partial charge on any atom is -0.452 e. The van der Waals surface area contributed by atoms with Gasteiger partial charge in [-0.25, -0.2) is 17.6 Å². The topological polar surface area (TPSA) is 102 Å². The Morgan fingerprint density at radius 2 is 1.69 bits per heavy atom. The van der Waals surface area contributed by atoms with E-state index in [0.29, 0.717) is 0 Å². The fourth-order valence-corrected chi connectivity index (χ4v) is 3.09. The number of carbonyl (C=O) groups excluding carboxylic acids is 2. The zero-order chi connectivity index (χ0) is 21.7. The van der Waals surface area contributed by atoms with Crippen molar-refractivity contribution in [3.63, 3.8) is 0 Å². The van der Waals surface area contributed by atoms with E-state index < -0.39 is 47.0 Å². The quantitative estimate of drug-likeness (QED) is 0.515. The summed E-state index contributed by atoms with van der Waals surface area (Å²) >= 11 is 0. The molecule has 0 radical (unpaired) electrons. The van der Waals surface area contributed by atoms with E-state index in [9.17, 15) is 35.6 Å². The van der Waals surface area contributed by atoms with Crippen LogP contribution in [0.5, 0.6) is 0 Å². The molecule has 0 saturated carbocycles. The van der Waals surface area contributed by atoms with Crippen molar-refractivity contribution >= 4 is 27.6 Å². The second-order valence-corrected chi connectivity index (χ2v) is 7.29. The average molecular weight is 434 g/mol. The highest BCUT2D eigenvalue weighted by molar-refractivity contribution is 7.92. The SMILES string of the molecule is O=C(COC(=O)c1cccc(S(=O)(=O)Nc2ccc(F)cc2)c1)NCC(F)(F)F. The molecule has 2 aromatic carbocycles. The van der Waals surface area contributed by atoms with E-state index >= 15 is 0 Å². The third-order valence-corrected chi connectivity index (χ3v) is 4.68. The van der Waals surface area contributed by atoms with Crippen molar-refractivity contribution in [2.45, 2.75) is 11.1 Å². The van der Waals surface area contributed by atoms with Crippen LogP contribution in [-0.4, -0.2) is 39.6 Å². The van der Waals surface area contributed by atoms with Crippen LogP contribution < -0.4 is 10.0 Å². The molecule has 0 heterocycles. The van der Waals surface area contributed by atoms with E-state index in [4.69, 9.17) is 0 Å². The monoisotopic (exact) mass is 434 g/mol. The first-order chi connectivity index (χ1) is 13.5. The first kappa shape index (κ1) is 22.1. The molecule has 0 aliphatic heterocycles. The van der Waals surface area contributed by atoms with Crippen LogP contribution in [0.4, 0.5) is 23.2 Å². The number of sulfonamides is 1. The smallest absolute Gasteiger partial charge is 0.405 e. The van der Waals surface area contributed by atoms with Gasteiger partial charge in [0, 0.05) is 5.69 Å². The van der Waals surface area contributed by atoms with Crippen LogP contribution in [0.25, 0.3) is 0 Å². The number of amides is 1. The lowest BCUT2D eigenvalue weighted by Crippen LogP contribution is -2.36. The molecule has 2 aromatic rings. The summed E-state index contributed by atoms with van der Waals surface area (Å²) in [6, 6.07) is 9.08. The number of benzene rings is 2. The number of esters is 1. The van der Waals surface area contributed by atoms with Crippen LogP contribution in [0.15, 0.2) is 53.4 Å². The molecule has 0 saturated heterocycles. The number of ether oxygens (including phenoxy) is 1. The Bertz CT molecular complexity index is 992. The Morgan fingerprint density at radius 3 is 2.31 bits per heavy atom. The van der Waals surface area contributed by atoms with Gasteiger partial charge in [-0.1, -0.05) is 6.07 Å². The average Bonchev–Trinajstić information content (AvgIpc) is 2.65. The van der Waals surface area contributed by atoms with Crippen molar-refractivity contribution in [2.24, 2.45) is 0 Å². The van der Waals surface area contributed by atoms with Crippen LogP contribution in [0.2, 0.25) is 0 Å². The maximum Gasteiger partial charge on any atom is 0.405 e. The zero-order valence-electron chi connectivity index (χ0n) is 14.5. The van der Waals surface area contributed by atoms with Gasteiger partial charge >= 0.3 is 12.1 Å². The second-order valence-electron chi connectivity index (χ2n) is 5.61. The standard InChI is InChI=1S/C17H14F4N2O5S/c18-12-4-6-13(7-5-12)23-29(26,27)14-3-1-2-11(8-14)16(25)28-9-15(24)22-10-17(19,20)21/h1-8,23H,9-10H2,(H,22,24). The van der Waals surface area contributed by atoms with E-state index in [1.807, 2.05) is 0 Å². The molecule has 7 nitrogen and oxygen atoms in total. The molecule has 0 bridgehead atoms. The van der Waals surface area contributed by atoms with Gasteiger partial charge in [-0.2, -0.15) is 13.2 Å². The number of halogens is 4. The molecule has 29 heavy (non-hydrogen) atoms. The lowest BCUT2D eigenvalue weighted by Gasteiger charge is -2.10. The molecule has 2 N–H and O–H groups in total. The molecule has 0 aliphatic carbocycles. The maximum absolute atomic E-state index is 12.9. The summed E-state index contributed by atoms with van der Waals surface area (Å²) < 4.78 is 80.5. The predicted octanol–water partition coefficient (Wildman–Crippen LogP) is 2.46. The highest BCUT2D eigenvalue weighted by Crippen LogP contribution is 2.18. The van der Waals surface area contributed by atoms with Crippen molar-refractivity contribution in [3.8, 4) is 0 Å². The van der Waals surface area contributed by atoms with Crippen LogP contribution in [0, 0.1) is 5.82 Å². The summed E-state index contributed by atoms with van der Waals surface area (Å²) in [6.45, 7) is -2.55. The summed E-state index contributed by atoms with van der Waals surface area (Å²) in [5.74, 6) is -2.83. The normalized spacial score (nSPS) is 11.6. The molecule has 0 spiro atoms. The van der Waals surface area contributed by atoms with Crippen molar-refractivity contribution < 1.29 is 40.3 Å². The van der Waals surface area contributed by atoms with Gasteiger partial charge in [-0.05, 0) is 42.5 Å². The van der Waals surface area contributed by atoms with Crippen molar-refractivity contribution in [3.05, 3.63) is 59.9 Å². The van der Waals surface area contributed by atoms with Crippen LogP contribution >= 0.6 is 0 Å². The van der Waals surface area contributed by atoms with Crippen molar-refractivity contribution in [1.82, 2.24) is 5.32 Å². The van der Waals surface area contributed by atoms with Crippen molar-refractivity contribution in [2.75, 3.05) is 17.9 Å². The highest BCUT2D eigenvalue weighted by Gasteiger charge is 2.28. The lowest BCUT2D eigenvalue weighted by atomic mass is 10.2. The van der Waals surface area contributed by atoms with Crippen LogP contribution in [0.1, 0.15) is 10.4 Å². The Morgan fingerprint density at radius 1 is 1.03 bits per heavy atom. The first-order valence-corrected chi connectivity index (χ1v) is 9.34. The molecule has 0 atom stereocenters. The summed E-state index contributed by atoms with van der Waals surface area (Å²) in [7, 11) is -4.12. The van der Waals surface area contributed by atoms with Gasteiger partial charge in [0.2, 0.25) is 0 Å². The van der Waals surface area contributed by atoms with Gasteiger partial charge in [0.1, 0.15) is 12.4 Å². The summed E-state index contributed by atoms with van der Waals surface area (Å²) in [6.07, 6.45) is -4.61. The Kier molecular flexibility index (Phi) is 6.80. The summed E-state index contributed by atoms with van der Waals surface area (Å²) in [4.78, 5) is 22.9. The first-order valence-electron chi connectivity index (χ1n) is 7.85. The number of anilines is 1. The fourth-order valence-electron chi connectivity index (χ4n) is 1.99. The fraction of sp³-hybridized carbons (Fsp3) is 0.176. The Labute approximate surface area is 162 Å². The molecule has 0 aliphatic rings. The minimum absolute atomic E-state index is 0.0840. The molecule has 0 unspecified atom stereocenters. The van der Waals surface area contributed by atoms with Crippen molar-refractivity contribution in [1.29, 1.82) is 0 Å². The summed E-state index contributed by atoms with van der Waals surface area (Å²) in [5.41, 5.74) is -0.156. The van der Waals surface area contributed by atoms with E-state index in [1.165, 1.54) is 35.6 Å². The number of hydrogen-bond donors (Lipinski definition) is 2. The van der Waals surface area contributed by atoms with E-state index in [-0.39, 0.29) is 16.1 Å². The van der Waals surface area contributed by atoms with E-state index in [0.717, 1.165) is 18.2 Å². The lowest BCUT2D eigenvalue weighted by molar-refractivity contribution is -0.140. The molecule has 12 heteroatoms. The molecule has 156 valence electrons. The van der Waals surface area contributed by atoms with Gasteiger partial charge < -0.3 is 10.1 Å². The molecule has 2 rings (SSSR count). The number of alkyl halides is 3. The van der Waals surface area contributed by atoms with Crippen LogP contribution in [0.3, 0.4) is 0 Å². The molecule has 1 amide bonds. The van der Waals surface area contributed by atoms with Gasteiger partial charge in [0.25, 0.3) is 15.9 Å². The molecular formula is C17H14F4N2O5S. The molecule has 0 aromatic heterocycles. The predicted molar refractivity (Wildman–Crippen MR) is 93.0 cm³/mol. The number of rotatable bonds is 7. The highest BCUT2D eigenvalue weighted by atomic mass is 32.2. The van der Waals surface area contributed by atoms with E-state index in [2.05, 4.69) is 9.46 Å². The second kappa shape index (κ2) is 8.90. The van der Waals surface area contributed by atoms with Gasteiger partial charge in [0.05, 0.1) is 10.5 Å². The zero-order valence-corrected chi connectivity index (χ0v) is 15.3. The maximum atomic E-state index is 12.9. The van der Waals surface area contributed by atoms with E-state index in [1.54, 1.807) is 0 Å².